The van der Waals surface area contributed by atoms with Crippen molar-refractivity contribution in [2.45, 2.75) is 51.9 Å². The second-order valence-corrected chi connectivity index (χ2v) is 4.65. The number of hydrogen-bond donors (Lipinski definition) is 1. The van der Waals surface area contributed by atoms with Crippen LogP contribution in [-0.4, -0.2) is 28.3 Å². The van der Waals surface area contributed by atoms with E-state index in [1.807, 2.05) is 12.5 Å². The largest absolute Gasteiger partial charge is 0.377 e. The normalized spacial score (nSPS) is 15.9. The molecule has 90 valence electrons. The van der Waals surface area contributed by atoms with E-state index >= 15 is 0 Å². The fraction of sp³-hybridized carbons (Fsp3) is 0.750. The van der Waals surface area contributed by atoms with Crippen molar-refractivity contribution in [2.75, 3.05) is 6.61 Å². The Labute approximate surface area is 97.0 Å². The Morgan fingerprint density at radius 2 is 2.38 bits per heavy atom. The molecule has 1 fully saturated rings. The Kier molecular flexibility index (Phi) is 3.96. The zero-order valence-corrected chi connectivity index (χ0v) is 10.1. The van der Waals surface area contributed by atoms with Crippen molar-refractivity contribution in [2.24, 2.45) is 0 Å². The van der Waals surface area contributed by atoms with Crippen LogP contribution in [0.15, 0.2) is 12.5 Å². The highest BCUT2D eigenvalue weighted by molar-refractivity contribution is 4.99. The molecule has 0 radical (unpaired) electrons. The molecule has 0 spiro atoms. The number of aromatic nitrogens is 2. The topological polar surface area (TPSA) is 39.1 Å². The average Bonchev–Trinajstić information content (AvgIpc) is 2.96. The third-order valence-corrected chi connectivity index (χ3v) is 2.73. The summed E-state index contributed by atoms with van der Waals surface area (Å²) in [5, 5.41) is 3.50. The molecule has 0 aromatic carbocycles. The van der Waals surface area contributed by atoms with Crippen molar-refractivity contribution in [1.82, 2.24) is 14.9 Å². The summed E-state index contributed by atoms with van der Waals surface area (Å²) in [6.07, 6.45) is 6.77. The Bertz CT molecular complexity index is 318. The molecule has 1 aromatic heterocycles. The Morgan fingerprint density at radius 1 is 1.56 bits per heavy atom. The van der Waals surface area contributed by atoms with E-state index < -0.39 is 0 Å². The minimum absolute atomic E-state index is 0.302. The third-order valence-electron chi connectivity index (χ3n) is 2.73. The van der Waals surface area contributed by atoms with Gasteiger partial charge in [-0.15, -0.1) is 0 Å². The molecule has 0 amide bonds. The molecule has 4 heteroatoms. The number of imidazole rings is 1. The lowest BCUT2D eigenvalue weighted by atomic mass is 10.4. The summed E-state index contributed by atoms with van der Waals surface area (Å²) < 4.78 is 7.70. The first-order valence-corrected chi connectivity index (χ1v) is 6.09. The second-order valence-electron chi connectivity index (χ2n) is 4.65. The molecule has 0 bridgehead atoms. The molecule has 1 aromatic rings. The molecule has 4 nitrogen and oxygen atoms in total. The maximum Gasteiger partial charge on any atom is 0.0949 e. The Hall–Kier alpha value is -0.870. The summed E-state index contributed by atoms with van der Waals surface area (Å²) in [5.74, 6) is 0. The molecular formula is C12H21N3O. The van der Waals surface area contributed by atoms with E-state index in [0.29, 0.717) is 6.10 Å². The molecular weight excluding hydrogens is 202 g/mol. The van der Waals surface area contributed by atoms with Crippen LogP contribution in [0, 0.1) is 0 Å². The first kappa shape index (κ1) is 11.6. The van der Waals surface area contributed by atoms with Gasteiger partial charge in [-0.05, 0) is 26.7 Å². The lowest BCUT2D eigenvalue weighted by Crippen LogP contribution is -2.19. The molecule has 1 N–H and O–H groups in total. The van der Waals surface area contributed by atoms with Gasteiger partial charge < -0.3 is 14.6 Å². The number of rotatable bonds is 7. The summed E-state index contributed by atoms with van der Waals surface area (Å²) >= 11 is 0. The van der Waals surface area contributed by atoms with Gasteiger partial charge in [-0.2, -0.15) is 0 Å². The third kappa shape index (κ3) is 3.61. The maximum absolute atomic E-state index is 5.54. The second kappa shape index (κ2) is 5.46. The molecule has 1 heterocycles. The van der Waals surface area contributed by atoms with Crippen LogP contribution in [-0.2, 0) is 17.8 Å². The van der Waals surface area contributed by atoms with Crippen molar-refractivity contribution in [3.8, 4) is 0 Å². The van der Waals surface area contributed by atoms with Crippen LogP contribution in [0.3, 0.4) is 0 Å². The van der Waals surface area contributed by atoms with Gasteiger partial charge in [0.05, 0.1) is 24.7 Å². The first-order chi connectivity index (χ1) is 7.75. The highest BCUT2D eigenvalue weighted by Gasteiger charge is 2.20. The SMILES string of the molecule is CC(C)OCCn1cncc1CNC1CC1. The van der Waals surface area contributed by atoms with Gasteiger partial charge >= 0.3 is 0 Å². The molecule has 0 unspecified atom stereocenters. The van der Waals surface area contributed by atoms with Crippen molar-refractivity contribution in [3.05, 3.63) is 18.2 Å². The zero-order chi connectivity index (χ0) is 11.4. The van der Waals surface area contributed by atoms with Gasteiger partial charge in [-0.3, -0.25) is 0 Å². The van der Waals surface area contributed by atoms with Crippen molar-refractivity contribution in [3.63, 3.8) is 0 Å². The zero-order valence-electron chi connectivity index (χ0n) is 10.1. The average molecular weight is 223 g/mol. The minimum atomic E-state index is 0.302. The maximum atomic E-state index is 5.54. The highest BCUT2D eigenvalue weighted by Crippen LogP contribution is 2.19. The Morgan fingerprint density at radius 3 is 3.06 bits per heavy atom. The first-order valence-electron chi connectivity index (χ1n) is 6.09. The van der Waals surface area contributed by atoms with Crippen molar-refractivity contribution >= 4 is 0 Å². The number of ether oxygens (including phenoxy) is 1. The highest BCUT2D eigenvalue weighted by atomic mass is 16.5. The summed E-state index contributed by atoms with van der Waals surface area (Å²) in [5.41, 5.74) is 1.25. The molecule has 1 aliphatic rings. The van der Waals surface area contributed by atoms with Crippen LogP contribution in [0.1, 0.15) is 32.4 Å². The minimum Gasteiger partial charge on any atom is -0.377 e. The predicted molar refractivity (Wildman–Crippen MR) is 63.2 cm³/mol. The number of nitrogens with zero attached hydrogens (tertiary/aromatic N) is 2. The van der Waals surface area contributed by atoms with Crippen LogP contribution >= 0.6 is 0 Å². The van der Waals surface area contributed by atoms with Crippen LogP contribution in [0.25, 0.3) is 0 Å². The van der Waals surface area contributed by atoms with Crippen LogP contribution in [0.2, 0.25) is 0 Å². The quantitative estimate of drug-likeness (QED) is 0.762. The molecule has 1 saturated carbocycles. The van der Waals surface area contributed by atoms with Gasteiger partial charge in [0, 0.05) is 25.3 Å². The fourth-order valence-electron chi connectivity index (χ4n) is 1.62. The molecule has 1 aliphatic carbocycles. The molecule has 0 aliphatic heterocycles. The van der Waals surface area contributed by atoms with E-state index in [9.17, 15) is 0 Å². The summed E-state index contributed by atoms with van der Waals surface area (Å²) in [6.45, 7) is 6.68. The predicted octanol–water partition coefficient (Wildman–Crippen LogP) is 1.56. The lowest BCUT2D eigenvalue weighted by molar-refractivity contribution is 0.0723. The van der Waals surface area contributed by atoms with Gasteiger partial charge in [0.25, 0.3) is 0 Å². The van der Waals surface area contributed by atoms with E-state index in [1.54, 1.807) is 0 Å². The molecule has 16 heavy (non-hydrogen) atoms. The molecule has 0 saturated heterocycles. The number of hydrogen-bond acceptors (Lipinski definition) is 3. The van der Waals surface area contributed by atoms with Gasteiger partial charge in [0.2, 0.25) is 0 Å². The van der Waals surface area contributed by atoms with E-state index in [0.717, 1.165) is 25.7 Å². The van der Waals surface area contributed by atoms with E-state index in [1.165, 1.54) is 18.5 Å². The van der Waals surface area contributed by atoms with Crippen LogP contribution < -0.4 is 5.32 Å². The van der Waals surface area contributed by atoms with Gasteiger partial charge in [-0.25, -0.2) is 4.98 Å². The van der Waals surface area contributed by atoms with E-state index in [2.05, 4.69) is 28.7 Å². The van der Waals surface area contributed by atoms with Crippen LogP contribution in [0.4, 0.5) is 0 Å². The summed E-state index contributed by atoms with van der Waals surface area (Å²) in [7, 11) is 0. The fourth-order valence-corrected chi connectivity index (χ4v) is 1.62. The van der Waals surface area contributed by atoms with Gasteiger partial charge in [-0.1, -0.05) is 0 Å². The monoisotopic (exact) mass is 223 g/mol. The molecule has 0 atom stereocenters. The van der Waals surface area contributed by atoms with E-state index in [4.69, 9.17) is 4.74 Å². The van der Waals surface area contributed by atoms with Gasteiger partial charge in [0.15, 0.2) is 0 Å². The summed E-state index contributed by atoms with van der Waals surface area (Å²) in [6, 6.07) is 0.746. The number of nitrogens with one attached hydrogen (secondary N) is 1. The van der Waals surface area contributed by atoms with Crippen molar-refractivity contribution in [1.29, 1.82) is 0 Å². The molecule has 2 rings (SSSR count). The Balaban J connectivity index is 1.76. The lowest BCUT2D eigenvalue weighted by Gasteiger charge is -2.11. The van der Waals surface area contributed by atoms with E-state index in [-0.39, 0.29) is 0 Å². The smallest absolute Gasteiger partial charge is 0.0949 e. The summed E-state index contributed by atoms with van der Waals surface area (Å²) in [4.78, 5) is 4.19. The van der Waals surface area contributed by atoms with Crippen molar-refractivity contribution < 1.29 is 4.74 Å². The van der Waals surface area contributed by atoms with Crippen LogP contribution in [0.5, 0.6) is 0 Å². The van der Waals surface area contributed by atoms with Gasteiger partial charge in [0.1, 0.15) is 0 Å². The standard InChI is InChI=1S/C12H21N3O/c1-10(2)16-6-5-15-9-13-7-12(15)8-14-11-3-4-11/h7,9-11,14H,3-6,8H2,1-2H3.